The van der Waals surface area contributed by atoms with Gasteiger partial charge in [0.2, 0.25) is 11.7 Å². The Labute approximate surface area is 520 Å². The minimum atomic E-state index is -1.00. The molecular weight excluding hydrogens is 1260 g/mol. The summed E-state index contributed by atoms with van der Waals surface area (Å²) in [6, 6.07) is -2.59. The standard InChI is InChI=1S/C13H21N3O5.C13H21NO5.C12H19NO5.C4H9.4C2H4O2.CH4.Li.2Rh/c1-5-20-11(18)10(7-6-9(17)8-15-14)16-12(19)21-13(2,3)4;1-5-18-11(16)10-7-6-9(15)8-14(10)12(17)19-13(2,3)4;1-5-17-10(15)8-6-7-9(14)13(8)11(16)18-12(2,3)4;1-3-4-2;4*1-2(3)4;;;;/h8,10H,5-7H2,1-4H3,(H,16,19);10H,5-8H2,1-4H3;8H,5-7H2,1-4H3;1,3-4H2,2H3;4*1H3,(H,3,4);1H4;;;/q;;;-1;;;;;;+1;;/t2*10-;8-;;;;;;;;;/m000........./s1. The summed E-state index contributed by atoms with van der Waals surface area (Å²) in [5.41, 5.74) is 6.15. The van der Waals surface area contributed by atoms with E-state index in [0.29, 0.717) is 0 Å². The van der Waals surface area contributed by atoms with Crippen LogP contribution in [0.4, 0.5) is 14.4 Å². The van der Waals surface area contributed by atoms with Crippen LogP contribution in [0.5, 0.6) is 0 Å². The Balaban J connectivity index is -0.0000000993. The van der Waals surface area contributed by atoms with Gasteiger partial charge in [-0.05, 0) is 102 Å². The molecule has 0 unspecified atom stereocenters. The molecule has 2 aliphatic rings. The van der Waals surface area contributed by atoms with Gasteiger partial charge in [0.15, 0.2) is 5.78 Å². The van der Waals surface area contributed by atoms with Gasteiger partial charge >= 0.3 is 61.3 Å². The van der Waals surface area contributed by atoms with Gasteiger partial charge in [0.05, 0.1) is 26.4 Å². The number of ether oxygens (including phenoxy) is 6. The molecular formula is C51H90LiN5O23Rh2. The van der Waals surface area contributed by atoms with Crippen molar-refractivity contribution in [3.8, 4) is 0 Å². The van der Waals surface area contributed by atoms with Crippen LogP contribution in [0.2, 0.25) is 0 Å². The Kier molecular flexibility index (Phi) is 65.5. The monoisotopic (exact) mass is 1350 g/mol. The van der Waals surface area contributed by atoms with E-state index in [1.807, 2.05) is 0 Å². The normalized spacial score (nSPS) is 13.6. The molecule has 2 heterocycles. The maximum atomic E-state index is 12.0. The zero-order valence-corrected chi connectivity index (χ0v) is 53.3. The van der Waals surface area contributed by atoms with Crippen molar-refractivity contribution in [3.63, 3.8) is 0 Å². The maximum Gasteiger partial charge on any atom is 1.00 e. The van der Waals surface area contributed by atoms with E-state index in [4.69, 9.17) is 73.6 Å². The minimum Gasteiger partial charge on any atom is -0.481 e. The summed E-state index contributed by atoms with van der Waals surface area (Å²) in [5, 5.41) is 32.0. The molecule has 5 N–H and O–H groups in total. The van der Waals surface area contributed by atoms with Gasteiger partial charge in [0, 0.05) is 85.9 Å². The Hall–Kier alpha value is -5.67. The van der Waals surface area contributed by atoms with E-state index < -0.39 is 107 Å². The van der Waals surface area contributed by atoms with Crippen molar-refractivity contribution in [2.75, 3.05) is 26.4 Å². The number of hydrogen-bond donors (Lipinski definition) is 5. The van der Waals surface area contributed by atoms with Gasteiger partial charge in [0.1, 0.15) is 34.9 Å². The summed E-state index contributed by atoms with van der Waals surface area (Å²) in [5.74, 6) is -5.99. The second-order valence-electron chi connectivity index (χ2n) is 18.6. The maximum absolute atomic E-state index is 12.0. The molecule has 2 radical (unpaired) electrons. The molecule has 31 heteroatoms. The number of imide groups is 1. The average Bonchev–Trinajstić information content (AvgIpc) is 3.65. The predicted molar refractivity (Wildman–Crippen MR) is 284 cm³/mol. The first-order valence-electron chi connectivity index (χ1n) is 24.4. The number of carbonyl (C=O) groups is 13. The van der Waals surface area contributed by atoms with Gasteiger partial charge in [-0.1, -0.05) is 20.8 Å². The van der Waals surface area contributed by atoms with Gasteiger partial charge in [-0.25, -0.2) is 33.7 Å². The van der Waals surface area contributed by atoms with E-state index in [1.165, 1.54) is 6.42 Å². The third-order valence-electron chi connectivity index (χ3n) is 7.46. The summed E-state index contributed by atoms with van der Waals surface area (Å²) >= 11 is 0. The number of hydrogen-bond acceptors (Lipinski definition) is 19. The number of nitrogens with one attached hydrogen (secondary N) is 1. The van der Waals surface area contributed by atoms with Gasteiger partial charge in [-0.2, -0.15) is 11.2 Å². The van der Waals surface area contributed by atoms with Crippen LogP contribution in [0.25, 0.3) is 5.53 Å². The van der Waals surface area contributed by atoms with Crippen molar-refractivity contribution in [2.24, 2.45) is 0 Å². The predicted octanol–water partition coefficient (Wildman–Crippen LogP) is 3.71. The third kappa shape index (κ3) is 66.8. The Morgan fingerprint density at radius 1 is 0.659 bits per heavy atom. The minimum absolute atomic E-state index is 0. The fraction of sp³-hybridized carbons (Fsp3) is 0.706. The van der Waals surface area contributed by atoms with Crippen LogP contribution in [0.15, 0.2) is 0 Å². The number of aliphatic carboxylic acids is 4. The summed E-state index contributed by atoms with van der Waals surface area (Å²) < 4.78 is 30.0. The Morgan fingerprint density at radius 3 is 1.35 bits per heavy atom. The second-order valence-corrected chi connectivity index (χ2v) is 18.6. The molecule has 3 atom stereocenters. The van der Waals surface area contributed by atoms with Crippen molar-refractivity contribution in [1.29, 1.82) is 0 Å². The number of ketones is 2. The zero-order valence-electron chi connectivity index (χ0n) is 50.0. The number of esters is 3. The SMILES string of the molecule is C.CC(=O)O.CC(=O)O.CC(=O)O.CC(=O)O.CCOC(=O)[C@@H]1CCC(=O)CN1C(=O)OC(C)(C)C.CCOC(=O)[C@@H]1CCC(=O)N1C(=O)OC(C)(C)C.CCOC(=O)[C@H](CCC(=O)C=[N+]=[N-])NC(=O)OC(C)(C)C.[CH2-]CCC.[Li+].[Rh].[Rh]. The Bertz CT molecular complexity index is 1920. The molecule has 0 aliphatic carbocycles. The number of nitrogens with zero attached hydrogens (tertiary/aromatic N) is 4. The first-order valence-corrected chi connectivity index (χ1v) is 24.4. The first kappa shape index (κ1) is 98.5. The van der Waals surface area contributed by atoms with E-state index in [0.717, 1.165) is 50.1 Å². The molecule has 4 amide bonds. The molecule has 2 fully saturated rings. The van der Waals surface area contributed by atoms with Crippen LogP contribution in [0, 0.1) is 6.92 Å². The van der Waals surface area contributed by atoms with Crippen LogP contribution in [-0.4, -0.2) is 180 Å². The largest absolute Gasteiger partial charge is 1.00 e. The summed E-state index contributed by atoms with van der Waals surface area (Å²) in [6.45, 7) is 30.9. The van der Waals surface area contributed by atoms with Crippen molar-refractivity contribution >= 4 is 83.8 Å². The number of amides is 4. The van der Waals surface area contributed by atoms with Crippen LogP contribution in [-0.2, 0) is 115 Å². The van der Waals surface area contributed by atoms with Crippen molar-refractivity contribution in [3.05, 3.63) is 12.5 Å². The summed E-state index contributed by atoms with van der Waals surface area (Å²) in [6.07, 6.45) is 1.74. The number of Topliss-reactive ketones (excluding diaryl/α,β-unsaturated/α-hetero) is 2. The van der Waals surface area contributed by atoms with E-state index in [-0.39, 0.29) is 136 Å². The number of unbranched alkanes of at least 4 members (excludes halogenated alkanes) is 1. The smallest absolute Gasteiger partial charge is 0.481 e. The molecule has 2 rings (SSSR count). The van der Waals surface area contributed by atoms with Crippen LogP contribution < -0.4 is 24.2 Å². The van der Waals surface area contributed by atoms with Crippen molar-refractivity contribution in [1.82, 2.24) is 15.1 Å². The summed E-state index contributed by atoms with van der Waals surface area (Å²) in [7, 11) is 0. The quantitative estimate of drug-likeness (QED) is 0.0353. The molecule has 0 saturated carbocycles. The fourth-order valence-electron chi connectivity index (χ4n) is 4.87. The van der Waals surface area contributed by atoms with Gasteiger partial charge in [0.25, 0.3) is 23.9 Å². The summed E-state index contributed by atoms with van der Waals surface area (Å²) in [4.78, 5) is 146. The molecule has 0 aromatic carbocycles. The van der Waals surface area contributed by atoms with E-state index in [2.05, 4.69) is 24.0 Å². The number of piperidine rings is 1. The molecule has 2 saturated heterocycles. The fourth-order valence-corrected chi connectivity index (χ4v) is 4.87. The molecule has 2 aliphatic heterocycles. The number of likely N-dealkylation sites (tertiary alicyclic amines) is 2. The molecule has 476 valence electrons. The zero-order chi connectivity index (χ0) is 62.7. The van der Waals surface area contributed by atoms with Gasteiger partial charge in [-0.3, -0.25) is 38.5 Å². The van der Waals surface area contributed by atoms with Crippen LogP contribution >= 0.6 is 0 Å². The van der Waals surface area contributed by atoms with E-state index in [9.17, 15) is 43.2 Å². The average molecular weight is 1350 g/mol. The Morgan fingerprint density at radius 2 is 1.01 bits per heavy atom. The number of carboxylic acids is 4. The first-order chi connectivity index (χ1) is 35.5. The van der Waals surface area contributed by atoms with Crippen LogP contribution in [0.1, 0.15) is 176 Å². The number of rotatable bonds is 12. The molecule has 0 aromatic heterocycles. The van der Waals surface area contributed by atoms with Crippen molar-refractivity contribution < 1.29 is 174 Å². The van der Waals surface area contributed by atoms with Crippen LogP contribution in [0.3, 0.4) is 0 Å². The van der Waals surface area contributed by atoms with E-state index >= 15 is 0 Å². The molecule has 82 heavy (non-hydrogen) atoms. The molecule has 0 spiro atoms. The van der Waals surface area contributed by atoms with E-state index in [1.54, 1.807) is 83.1 Å². The number of carbonyl (C=O) groups excluding carboxylic acids is 9. The molecule has 28 nitrogen and oxygen atoms in total. The van der Waals surface area contributed by atoms with Gasteiger partial charge < -0.3 is 66.6 Å². The number of carboxylic acid groups (broad SMARTS) is 4. The topological polar surface area (TPSA) is 413 Å². The van der Waals surface area contributed by atoms with Crippen molar-refractivity contribution in [2.45, 2.75) is 211 Å². The third-order valence-corrected chi connectivity index (χ3v) is 7.46. The van der Waals surface area contributed by atoms with Gasteiger partial charge in [-0.15, -0.1) is 0 Å². The number of alkyl carbamates (subject to hydrolysis) is 1. The molecule has 0 aromatic rings. The second kappa shape index (κ2) is 54.6. The molecule has 0 bridgehead atoms.